The molecule has 4 heteroatoms. The molecule has 3 N–H and O–H groups in total. The van der Waals surface area contributed by atoms with Gasteiger partial charge in [0.25, 0.3) is 0 Å². The second-order valence-corrected chi connectivity index (χ2v) is 4.99. The Morgan fingerprint density at radius 2 is 2.12 bits per heavy atom. The molecule has 92 valence electrons. The number of aryl methyl sites for hydroxylation is 1. The predicted octanol–water partition coefficient (Wildman–Crippen LogP) is 2.73. The molecule has 0 amide bonds. The molecular formula is C13H20N4. The lowest BCUT2D eigenvalue weighted by atomic mass is 10.1. The molecule has 2 rings (SSSR count). The second-order valence-electron chi connectivity index (χ2n) is 4.99. The number of nitrogens with two attached hydrogens (primary N) is 1. The maximum absolute atomic E-state index is 5.90. The summed E-state index contributed by atoms with van der Waals surface area (Å²) in [5, 5.41) is 6.95. The van der Waals surface area contributed by atoms with Crippen LogP contribution in [-0.4, -0.2) is 14.8 Å². The average molecular weight is 232 g/mol. The number of nitrogens with one attached hydrogen (secondary N) is 1. The first-order valence-electron chi connectivity index (χ1n) is 5.96. The molecule has 0 unspecified atom stereocenters. The van der Waals surface area contributed by atoms with Crippen molar-refractivity contribution in [2.45, 2.75) is 34.2 Å². The largest absolute Gasteiger partial charge is 0.396 e. The highest BCUT2D eigenvalue weighted by atomic mass is 15.1. The molecule has 0 aromatic carbocycles. The summed E-state index contributed by atoms with van der Waals surface area (Å²) in [6, 6.07) is 2.17. The summed E-state index contributed by atoms with van der Waals surface area (Å²) in [4.78, 5) is 0. The lowest BCUT2D eigenvalue weighted by molar-refractivity contribution is 0.509. The van der Waals surface area contributed by atoms with Crippen LogP contribution in [-0.2, 0) is 6.54 Å². The van der Waals surface area contributed by atoms with E-state index in [0.717, 1.165) is 17.8 Å². The molecule has 2 aromatic heterocycles. The van der Waals surface area contributed by atoms with Crippen LogP contribution in [0.15, 0.2) is 12.3 Å². The van der Waals surface area contributed by atoms with E-state index in [-0.39, 0.29) is 0 Å². The van der Waals surface area contributed by atoms with Gasteiger partial charge in [0.05, 0.1) is 17.6 Å². The van der Waals surface area contributed by atoms with Crippen LogP contribution >= 0.6 is 0 Å². The maximum Gasteiger partial charge on any atom is 0.0898 e. The van der Waals surface area contributed by atoms with Crippen molar-refractivity contribution >= 4 is 5.69 Å². The van der Waals surface area contributed by atoms with Gasteiger partial charge in [0, 0.05) is 23.5 Å². The summed E-state index contributed by atoms with van der Waals surface area (Å²) in [6.07, 6.45) is 1.66. The number of aromatic amines is 1. The molecule has 2 heterocycles. The molecule has 17 heavy (non-hydrogen) atoms. The lowest BCUT2D eigenvalue weighted by Gasteiger charge is -2.12. The predicted molar refractivity (Wildman–Crippen MR) is 70.7 cm³/mol. The van der Waals surface area contributed by atoms with Gasteiger partial charge >= 0.3 is 0 Å². The standard InChI is InChI=1S/C13H20N4/c1-8(2)7-17-9(3)5-11(10(17)4)13-12(14)6-15-16-13/h5-6,8H,7,14H2,1-4H3,(H,15,16). The van der Waals surface area contributed by atoms with Crippen LogP contribution in [0.1, 0.15) is 25.2 Å². The summed E-state index contributed by atoms with van der Waals surface area (Å²) in [6.45, 7) is 9.74. The van der Waals surface area contributed by atoms with Crippen LogP contribution in [0.3, 0.4) is 0 Å². The Balaban J connectivity index is 2.48. The van der Waals surface area contributed by atoms with Crippen molar-refractivity contribution in [2.75, 3.05) is 5.73 Å². The van der Waals surface area contributed by atoms with Crippen molar-refractivity contribution in [3.8, 4) is 11.3 Å². The van der Waals surface area contributed by atoms with Gasteiger partial charge in [-0.3, -0.25) is 5.10 Å². The molecule has 0 aliphatic rings. The molecule has 0 spiro atoms. The Hall–Kier alpha value is -1.71. The first-order valence-corrected chi connectivity index (χ1v) is 5.96. The van der Waals surface area contributed by atoms with Crippen LogP contribution < -0.4 is 5.73 Å². The Labute approximate surface area is 102 Å². The van der Waals surface area contributed by atoms with E-state index in [4.69, 9.17) is 5.73 Å². The highest BCUT2D eigenvalue weighted by Crippen LogP contribution is 2.29. The Morgan fingerprint density at radius 1 is 1.41 bits per heavy atom. The van der Waals surface area contributed by atoms with E-state index in [1.165, 1.54) is 11.4 Å². The van der Waals surface area contributed by atoms with Crippen molar-refractivity contribution in [3.63, 3.8) is 0 Å². The van der Waals surface area contributed by atoms with Gasteiger partial charge in [0.15, 0.2) is 0 Å². The number of rotatable bonds is 3. The van der Waals surface area contributed by atoms with E-state index in [2.05, 4.69) is 48.5 Å². The topological polar surface area (TPSA) is 59.6 Å². The maximum atomic E-state index is 5.90. The van der Waals surface area contributed by atoms with Crippen molar-refractivity contribution in [1.82, 2.24) is 14.8 Å². The second kappa shape index (κ2) is 4.28. The van der Waals surface area contributed by atoms with Gasteiger partial charge < -0.3 is 10.3 Å². The molecule has 0 radical (unpaired) electrons. The summed E-state index contributed by atoms with van der Waals surface area (Å²) < 4.78 is 2.33. The van der Waals surface area contributed by atoms with E-state index in [9.17, 15) is 0 Å². The first kappa shape index (κ1) is 11.8. The molecule has 4 nitrogen and oxygen atoms in total. The molecule has 2 aromatic rings. The van der Waals surface area contributed by atoms with Crippen molar-refractivity contribution in [1.29, 1.82) is 0 Å². The number of hydrogen-bond donors (Lipinski definition) is 2. The molecule has 0 saturated carbocycles. The van der Waals surface area contributed by atoms with Crippen LogP contribution in [0.25, 0.3) is 11.3 Å². The third-order valence-corrected chi connectivity index (χ3v) is 3.06. The number of hydrogen-bond acceptors (Lipinski definition) is 2. The van der Waals surface area contributed by atoms with Gasteiger partial charge in [-0.2, -0.15) is 5.10 Å². The summed E-state index contributed by atoms with van der Waals surface area (Å²) in [7, 11) is 0. The molecule has 0 aliphatic carbocycles. The van der Waals surface area contributed by atoms with Gasteiger partial charge in [-0.15, -0.1) is 0 Å². The van der Waals surface area contributed by atoms with Gasteiger partial charge in [-0.25, -0.2) is 0 Å². The lowest BCUT2D eigenvalue weighted by Crippen LogP contribution is -2.07. The zero-order valence-corrected chi connectivity index (χ0v) is 10.9. The van der Waals surface area contributed by atoms with Crippen molar-refractivity contribution in [3.05, 3.63) is 23.7 Å². The highest BCUT2D eigenvalue weighted by Gasteiger charge is 2.14. The molecule has 0 aliphatic heterocycles. The summed E-state index contributed by atoms with van der Waals surface area (Å²) >= 11 is 0. The van der Waals surface area contributed by atoms with Crippen LogP contribution in [0.4, 0.5) is 5.69 Å². The average Bonchev–Trinajstić information content (AvgIpc) is 2.76. The van der Waals surface area contributed by atoms with Crippen LogP contribution in [0.2, 0.25) is 0 Å². The van der Waals surface area contributed by atoms with E-state index >= 15 is 0 Å². The monoisotopic (exact) mass is 232 g/mol. The molecule has 0 bridgehead atoms. The van der Waals surface area contributed by atoms with E-state index in [1.54, 1.807) is 6.20 Å². The third kappa shape index (κ3) is 2.07. The SMILES string of the molecule is Cc1cc(-c2[nH]ncc2N)c(C)n1CC(C)C. The fraction of sp³-hybridized carbons (Fsp3) is 0.462. The van der Waals surface area contributed by atoms with Gasteiger partial charge in [-0.05, 0) is 25.8 Å². The fourth-order valence-electron chi connectivity index (χ4n) is 2.21. The van der Waals surface area contributed by atoms with Crippen molar-refractivity contribution < 1.29 is 0 Å². The van der Waals surface area contributed by atoms with Gasteiger partial charge in [0.1, 0.15) is 0 Å². The molecule has 0 fully saturated rings. The fourth-order valence-corrected chi connectivity index (χ4v) is 2.21. The Morgan fingerprint density at radius 3 is 2.65 bits per heavy atom. The van der Waals surface area contributed by atoms with Gasteiger partial charge in [0.2, 0.25) is 0 Å². The number of nitrogen functional groups attached to an aromatic ring is 1. The summed E-state index contributed by atoms with van der Waals surface area (Å²) in [5.41, 5.74) is 11.2. The smallest absolute Gasteiger partial charge is 0.0898 e. The Bertz CT molecular complexity index is 520. The van der Waals surface area contributed by atoms with Crippen LogP contribution in [0.5, 0.6) is 0 Å². The number of anilines is 1. The number of aromatic nitrogens is 3. The number of H-pyrrole nitrogens is 1. The minimum Gasteiger partial charge on any atom is -0.396 e. The molecule has 0 atom stereocenters. The molecule has 0 saturated heterocycles. The van der Waals surface area contributed by atoms with Gasteiger partial charge in [-0.1, -0.05) is 13.8 Å². The summed E-state index contributed by atoms with van der Waals surface area (Å²) in [5.74, 6) is 0.631. The number of nitrogens with zero attached hydrogens (tertiary/aromatic N) is 2. The van der Waals surface area contributed by atoms with E-state index in [1.807, 2.05) is 0 Å². The zero-order valence-electron chi connectivity index (χ0n) is 10.9. The van der Waals surface area contributed by atoms with E-state index < -0.39 is 0 Å². The quantitative estimate of drug-likeness (QED) is 0.854. The zero-order chi connectivity index (χ0) is 12.6. The normalized spacial score (nSPS) is 11.4. The third-order valence-electron chi connectivity index (χ3n) is 3.06. The molecular weight excluding hydrogens is 212 g/mol. The Kier molecular flexibility index (Phi) is 2.96. The minimum atomic E-state index is 0.631. The van der Waals surface area contributed by atoms with Crippen LogP contribution in [0, 0.1) is 19.8 Å². The van der Waals surface area contributed by atoms with E-state index in [0.29, 0.717) is 11.6 Å². The van der Waals surface area contributed by atoms with Crippen molar-refractivity contribution in [2.24, 2.45) is 5.92 Å². The first-order chi connectivity index (χ1) is 8.00. The minimum absolute atomic E-state index is 0.631. The highest BCUT2D eigenvalue weighted by molar-refractivity contribution is 5.74.